The van der Waals surface area contributed by atoms with E-state index < -0.39 is 11.6 Å². The summed E-state index contributed by atoms with van der Waals surface area (Å²) in [6, 6.07) is 4.84. The Morgan fingerprint density at radius 3 is 2.57 bits per heavy atom. The van der Waals surface area contributed by atoms with Crippen LogP contribution in [-0.2, 0) is 4.74 Å². The highest BCUT2D eigenvalue weighted by Crippen LogP contribution is 2.25. The van der Waals surface area contributed by atoms with Crippen molar-refractivity contribution in [3.63, 3.8) is 0 Å². The van der Waals surface area contributed by atoms with E-state index >= 15 is 0 Å². The van der Waals surface area contributed by atoms with Crippen molar-refractivity contribution >= 4 is 28.0 Å². The maximum atomic E-state index is 11.8. The number of amides is 1. The fourth-order valence-electron chi connectivity index (χ4n) is 2.12. The number of carboxylic acids is 1. The highest BCUT2D eigenvalue weighted by molar-refractivity contribution is 9.10. The molecule has 0 atom stereocenters. The second kappa shape index (κ2) is 6.78. The SMILES string of the molecule is CC(C)(C)OC(=O)N1CC(COc2ccc(Br)c(C(=O)O)c2)C1. The fraction of sp³-hybridized carbons (Fsp3) is 0.500. The summed E-state index contributed by atoms with van der Waals surface area (Å²) in [5.41, 5.74) is -0.338. The van der Waals surface area contributed by atoms with Gasteiger partial charge < -0.3 is 19.5 Å². The van der Waals surface area contributed by atoms with Crippen molar-refractivity contribution in [3.05, 3.63) is 28.2 Å². The van der Waals surface area contributed by atoms with E-state index in [0.717, 1.165) is 0 Å². The van der Waals surface area contributed by atoms with Gasteiger partial charge in [-0.3, -0.25) is 0 Å². The van der Waals surface area contributed by atoms with Crippen LogP contribution in [0.3, 0.4) is 0 Å². The van der Waals surface area contributed by atoms with Gasteiger partial charge in [-0.05, 0) is 54.9 Å². The molecule has 2 rings (SSSR count). The van der Waals surface area contributed by atoms with E-state index in [1.807, 2.05) is 20.8 Å². The minimum Gasteiger partial charge on any atom is -0.493 e. The molecule has 1 aliphatic heterocycles. The van der Waals surface area contributed by atoms with Gasteiger partial charge in [0, 0.05) is 23.5 Å². The lowest BCUT2D eigenvalue weighted by molar-refractivity contribution is -0.00784. The number of hydrogen-bond acceptors (Lipinski definition) is 4. The number of rotatable bonds is 4. The first-order chi connectivity index (χ1) is 10.7. The van der Waals surface area contributed by atoms with Gasteiger partial charge in [-0.15, -0.1) is 0 Å². The number of aromatic carboxylic acids is 1. The summed E-state index contributed by atoms with van der Waals surface area (Å²) in [5.74, 6) is -0.289. The number of ether oxygens (including phenoxy) is 2. The Hall–Kier alpha value is -1.76. The van der Waals surface area contributed by atoms with Crippen LogP contribution in [0.2, 0.25) is 0 Å². The van der Waals surface area contributed by atoms with E-state index in [2.05, 4.69) is 15.9 Å². The van der Waals surface area contributed by atoms with Crippen LogP contribution in [-0.4, -0.2) is 47.4 Å². The van der Waals surface area contributed by atoms with E-state index in [1.165, 1.54) is 6.07 Å². The normalized spacial score (nSPS) is 15.0. The molecule has 1 aromatic rings. The van der Waals surface area contributed by atoms with Gasteiger partial charge in [0.1, 0.15) is 11.4 Å². The van der Waals surface area contributed by atoms with Crippen molar-refractivity contribution in [2.45, 2.75) is 26.4 Å². The van der Waals surface area contributed by atoms with Crippen LogP contribution in [0.25, 0.3) is 0 Å². The number of nitrogens with zero attached hydrogens (tertiary/aromatic N) is 1. The number of carbonyl (C=O) groups excluding carboxylic acids is 1. The molecule has 0 unspecified atom stereocenters. The Balaban J connectivity index is 1.80. The third kappa shape index (κ3) is 4.86. The highest BCUT2D eigenvalue weighted by atomic mass is 79.9. The molecule has 7 heteroatoms. The monoisotopic (exact) mass is 385 g/mol. The second-order valence-electron chi connectivity index (χ2n) is 6.51. The smallest absolute Gasteiger partial charge is 0.410 e. The molecule has 1 saturated heterocycles. The van der Waals surface area contributed by atoms with Crippen molar-refractivity contribution < 1.29 is 24.2 Å². The zero-order valence-electron chi connectivity index (χ0n) is 13.3. The Bertz CT molecular complexity index is 605. The van der Waals surface area contributed by atoms with Gasteiger partial charge in [0.15, 0.2) is 0 Å². The average molecular weight is 386 g/mol. The lowest BCUT2D eigenvalue weighted by atomic mass is 10.0. The first-order valence-electron chi connectivity index (χ1n) is 7.29. The predicted octanol–water partition coefficient (Wildman–Crippen LogP) is 3.39. The van der Waals surface area contributed by atoms with Crippen LogP contribution in [0.5, 0.6) is 5.75 Å². The molecular formula is C16H20BrNO5. The maximum absolute atomic E-state index is 11.8. The largest absolute Gasteiger partial charge is 0.493 e. The van der Waals surface area contributed by atoms with Crippen LogP contribution in [0.4, 0.5) is 4.79 Å². The molecule has 1 aromatic carbocycles. The van der Waals surface area contributed by atoms with E-state index in [4.69, 9.17) is 14.6 Å². The molecule has 0 aliphatic carbocycles. The predicted molar refractivity (Wildman–Crippen MR) is 87.9 cm³/mol. The Labute approximate surface area is 143 Å². The molecule has 23 heavy (non-hydrogen) atoms. The summed E-state index contributed by atoms with van der Waals surface area (Å²) in [6.45, 7) is 7.09. The van der Waals surface area contributed by atoms with Crippen LogP contribution in [0.1, 0.15) is 31.1 Å². The van der Waals surface area contributed by atoms with Crippen molar-refractivity contribution in [1.29, 1.82) is 0 Å². The summed E-state index contributed by atoms with van der Waals surface area (Å²) in [7, 11) is 0. The lowest BCUT2D eigenvalue weighted by Gasteiger charge is -2.39. The zero-order valence-corrected chi connectivity index (χ0v) is 14.9. The molecule has 1 heterocycles. The number of benzene rings is 1. The summed E-state index contributed by atoms with van der Waals surface area (Å²) < 4.78 is 11.4. The van der Waals surface area contributed by atoms with Crippen LogP contribution in [0, 0.1) is 5.92 Å². The molecule has 1 N–H and O–H groups in total. The van der Waals surface area contributed by atoms with Crippen LogP contribution in [0.15, 0.2) is 22.7 Å². The highest BCUT2D eigenvalue weighted by Gasteiger charge is 2.34. The number of carbonyl (C=O) groups is 2. The van der Waals surface area contributed by atoms with Gasteiger partial charge in [-0.1, -0.05) is 0 Å². The number of halogens is 1. The van der Waals surface area contributed by atoms with Gasteiger partial charge in [0.2, 0.25) is 0 Å². The van der Waals surface area contributed by atoms with E-state index in [0.29, 0.717) is 29.9 Å². The van der Waals surface area contributed by atoms with E-state index in [-0.39, 0.29) is 17.6 Å². The first-order valence-corrected chi connectivity index (χ1v) is 8.08. The van der Waals surface area contributed by atoms with Crippen LogP contribution < -0.4 is 4.74 Å². The molecule has 1 amide bonds. The molecule has 0 aromatic heterocycles. The quantitative estimate of drug-likeness (QED) is 0.859. The first kappa shape index (κ1) is 17.6. The van der Waals surface area contributed by atoms with Crippen molar-refractivity contribution in [1.82, 2.24) is 4.90 Å². The average Bonchev–Trinajstić information content (AvgIpc) is 2.36. The molecule has 0 spiro atoms. The molecule has 6 nitrogen and oxygen atoms in total. The number of carboxylic acid groups (broad SMARTS) is 1. The summed E-state index contributed by atoms with van der Waals surface area (Å²) in [6.07, 6.45) is -0.314. The molecule has 0 bridgehead atoms. The lowest BCUT2D eigenvalue weighted by Crippen LogP contribution is -2.53. The summed E-state index contributed by atoms with van der Waals surface area (Å²) in [5, 5.41) is 9.07. The van der Waals surface area contributed by atoms with Gasteiger partial charge in [-0.2, -0.15) is 0 Å². The minimum atomic E-state index is -1.01. The maximum Gasteiger partial charge on any atom is 0.410 e. The molecular weight excluding hydrogens is 366 g/mol. The number of likely N-dealkylation sites (tertiary alicyclic amines) is 1. The molecule has 0 saturated carbocycles. The van der Waals surface area contributed by atoms with Crippen molar-refractivity contribution in [2.24, 2.45) is 5.92 Å². The van der Waals surface area contributed by atoms with Crippen LogP contribution >= 0.6 is 15.9 Å². The number of hydrogen-bond donors (Lipinski definition) is 1. The van der Waals surface area contributed by atoms with Crippen molar-refractivity contribution in [2.75, 3.05) is 19.7 Å². The topological polar surface area (TPSA) is 76.1 Å². The molecule has 126 valence electrons. The molecule has 1 aliphatic rings. The standard InChI is InChI=1S/C16H20BrNO5/c1-16(2,3)23-15(21)18-7-10(8-18)9-22-11-4-5-13(17)12(6-11)14(19)20/h4-6,10H,7-9H2,1-3H3,(H,19,20). The second-order valence-corrected chi connectivity index (χ2v) is 7.36. The third-order valence-electron chi connectivity index (χ3n) is 3.26. The Morgan fingerprint density at radius 2 is 2.00 bits per heavy atom. The van der Waals surface area contributed by atoms with Gasteiger partial charge in [0.05, 0.1) is 12.2 Å². The minimum absolute atomic E-state index is 0.159. The fourth-order valence-corrected chi connectivity index (χ4v) is 2.54. The Morgan fingerprint density at radius 1 is 1.35 bits per heavy atom. The van der Waals surface area contributed by atoms with Gasteiger partial charge >= 0.3 is 12.1 Å². The molecule has 1 fully saturated rings. The third-order valence-corrected chi connectivity index (χ3v) is 3.95. The van der Waals surface area contributed by atoms with Gasteiger partial charge in [0.25, 0.3) is 0 Å². The van der Waals surface area contributed by atoms with E-state index in [9.17, 15) is 9.59 Å². The zero-order chi connectivity index (χ0) is 17.2. The summed E-state index contributed by atoms with van der Waals surface area (Å²) in [4.78, 5) is 24.5. The van der Waals surface area contributed by atoms with E-state index in [1.54, 1.807) is 17.0 Å². The molecule has 0 radical (unpaired) electrons. The van der Waals surface area contributed by atoms with Crippen molar-refractivity contribution in [3.8, 4) is 5.75 Å². The summed E-state index contributed by atoms with van der Waals surface area (Å²) >= 11 is 3.19. The van der Waals surface area contributed by atoms with Gasteiger partial charge in [-0.25, -0.2) is 9.59 Å². The Kier molecular flexibility index (Phi) is 5.19.